The van der Waals surface area contributed by atoms with Crippen LogP contribution in [0.5, 0.6) is 0 Å². The molecule has 2 amide bonds. The highest BCUT2D eigenvalue weighted by atomic mass is 32.2. The first-order chi connectivity index (χ1) is 16.4. The highest BCUT2D eigenvalue weighted by molar-refractivity contribution is 7.91. The van der Waals surface area contributed by atoms with Crippen molar-refractivity contribution in [2.24, 2.45) is 5.92 Å². The summed E-state index contributed by atoms with van der Waals surface area (Å²) in [6.07, 6.45) is 0.504. The van der Waals surface area contributed by atoms with E-state index in [-0.39, 0.29) is 17.6 Å². The SMILES string of the molecule is CCC[C@H](NC(=O)[C@H](CS(=O)(=O)CC1CC1)NC(=O)OC(C)(C)C)C(O)c1nc2ccccc2o1. The second-order valence-corrected chi connectivity index (χ2v) is 12.2. The van der Waals surface area contributed by atoms with Gasteiger partial charge in [0, 0.05) is 0 Å². The van der Waals surface area contributed by atoms with Crippen molar-refractivity contribution in [2.75, 3.05) is 11.5 Å². The number of nitrogens with zero attached hydrogens (tertiary/aromatic N) is 1. The third-order valence-electron chi connectivity index (χ3n) is 5.49. The van der Waals surface area contributed by atoms with Gasteiger partial charge in [-0.1, -0.05) is 25.5 Å². The van der Waals surface area contributed by atoms with Gasteiger partial charge in [-0.15, -0.1) is 0 Å². The van der Waals surface area contributed by atoms with Crippen molar-refractivity contribution in [2.45, 2.75) is 77.2 Å². The minimum atomic E-state index is -3.61. The predicted octanol–water partition coefficient (Wildman–Crippen LogP) is 2.86. The smallest absolute Gasteiger partial charge is 0.408 e. The van der Waals surface area contributed by atoms with Crippen molar-refractivity contribution in [3.05, 3.63) is 30.2 Å². The summed E-state index contributed by atoms with van der Waals surface area (Å²) >= 11 is 0. The molecule has 3 rings (SSSR count). The fraction of sp³-hybridized carbons (Fsp3) is 0.625. The van der Waals surface area contributed by atoms with Gasteiger partial charge in [-0.25, -0.2) is 18.2 Å². The number of alkyl carbamates (subject to hydrolysis) is 1. The molecule has 194 valence electrons. The fourth-order valence-electron chi connectivity index (χ4n) is 3.69. The molecule has 0 spiro atoms. The van der Waals surface area contributed by atoms with Gasteiger partial charge < -0.3 is 24.9 Å². The number of carbonyl (C=O) groups excluding carboxylic acids is 2. The van der Waals surface area contributed by atoms with Gasteiger partial charge in [0.15, 0.2) is 21.5 Å². The number of carbonyl (C=O) groups is 2. The van der Waals surface area contributed by atoms with E-state index < -0.39 is 51.4 Å². The second-order valence-electron chi connectivity index (χ2n) is 10.1. The number of hydrogen-bond acceptors (Lipinski definition) is 8. The van der Waals surface area contributed by atoms with E-state index in [0.29, 0.717) is 23.9 Å². The van der Waals surface area contributed by atoms with E-state index in [1.54, 1.807) is 45.0 Å². The molecular weight excluding hydrogens is 474 g/mol. The molecule has 0 aliphatic heterocycles. The molecule has 10 nitrogen and oxygen atoms in total. The molecule has 1 aromatic carbocycles. The number of oxazole rings is 1. The maximum atomic E-state index is 13.2. The molecular formula is C24H35N3O7S. The number of benzene rings is 1. The van der Waals surface area contributed by atoms with Crippen LogP contribution in [0.1, 0.15) is 65.4 Å². The fourth-order valence-corrected chi connectivity index (χ4v) is 5.62. The number of fused-ring (bicyclic) bond motifs is 1. The second kappa shape index (κ2) is 10.9. The molecule has 1 unspecified atom stereocenters. The lowest BCUT2D eigenvalue weighted by Gasteiger charge is -2.26. The van der Waals surface area contributed by atoms with Crippen molar-refractivity contribution < 1.29 is 32.3 Å². The van der Waals surface area contributed by atoms with Crippen LogP contribution in [0.2, 0.25) is 0 Å². The average Bonchev–Trinajstić information content (AvgIpc) is 3.43. The minimum absolute atomic E-state index is 0.0311. The van der Waals surface area contributed by atoms with E-state index in [9.17, 15) is 23.1 Å². The molecule has 1 heterocycles. The van der Waals surface area contributed by atoms with Crippen LogP contribution in [0.15, 0.2) is 28.7 Å². The first-order valence-corrected chi connectivity index (χ1v) is 13.7. The van der Waals surface area contributed by atoms with Gasteiger partial charge >= 0.3 is 6.09 Å². The lowest BCUT2D eigenvalue weighted by atomic mass is 10.0. The third kappa shape index (κ3) is 8.21. The Bertz CT molecular complexity index is 1100. The summed E-state index contributed by atoms with van der Waals surface area (Å²) in [6, 6.07) is 4.84. The summed E-state index contributed by atoms with van der Waals surface area (Å²) in [5.41, 5.74) is 0.240. The minimum Gasteiger partial charge on any atom is -0.444 e. The number of ether oxygens (including phenoxy) is 1. The van der Waals surface area contributed by atoms with E-state index in [0.717, 1.165) is 12.8 Å². The van der Waals surface area contributed by atoms with Crippen molar-refractivity contribution in [3.63, 3.8) is 0 Å². The molecule has 0 bridgehead atoms. The van der Waals surface area contributed by atoms with Gasteiger partial charge in [0.05, 0.1) is 17.5 Å². The normalized spacial score (nSPS) is 16.9. The summed E-state index contributed by atoms with van der Waals surface area (Å²) in [7, 11) is -3.61. The quantitative estimate of drug-likeness (QED) is 0.419. The summed E-state index contributed by atoms with van der Waals surface area (Å²) in [4.78, 5) is 29.9. The van der Waals surface area contributed by atoms with Crippen LogP contribution >= 0.6 is 0 Å². The third-order valence-corrected chi connectivity index (χ3v) is 7.31. The predicted molar refractivity (Wildman–Crippen MR) is 130 cm³/mol. The van der Waals surface area contributed by atoms with Crippen LogP contribution in [0.3, 0.4) is 0 Å². The Kier molecular flexibility index (Phi) is 8.42. The molecule has 11 heteroatoms. The van der Waals surface area contributed by atoms with Crippen LogP contribution < -0.4 is 10.6 Å². The lowest BCUT2D eigenvalue weighted by Crippen LogP contribution is -2.54. The Morgan fingerprint density at radius 3 is 2.51 bits per heavy atom. The Morgan fingerprint density at radius 1 is 1.23 bits per heavy atom. The number of aliphatic hydroxyl groups excluding tert-OH is 1. The molecule has 35 heavy (non-hydrogen) atoms. The van der Waals surface area contributed by atoms with E-state index in [2.05, 4.69) is 15.6 Å². The molecule has 0 radical (unpaired) electrons. The van der Waals surface area contributed by atoms with E-state index in [4.69, 9.17) is 9.15 Å². The summed E-state index contributed by atoms with van der Waals surface area (Å²) in [5, 5.41) is 16.0. The molecule has 1 aliphatic carbocycles. The van der Waals surface area contributed by atoms with Gasteiger partial charge in [0.25, 0.3) is 0 Å². The average molecular weight is 510 g/mol. The number of sulfone groups is 1. The highest BCUT2D eigenvalue weighted by Crippen LogP contribution is 2.30. The molecule has 2 aromatic rings. The Hall–Kier alpha value is -2.66. The number of para-hydroxylation sites is 2. The number of aliphatic hydroxyl groups is 1. The molecule has 3 atom stereocenters. The van der Waals surface area contributed by atoms with Crippen LogP contribution in [-0.2, 0) is 19.4 Å². The first-order valence-electron chi connectivity index (χ1n) is 11.9. The largest absolute Gasteiger partial charge is 0.444 e. The van der Waals surface area contributed by atoms with Crippen LogP contribution in [0.4, 0.5) is 4.79 Å². The zero-order valence-corrected chi connectivity index (χ0v) is 21.4. The topological polar surface area (TPSA) is 148 Å². The number of aromatic nitrogens is 1. The Balaban J connectivity index is 1.77. The zero-order chi connectivity index (χ0) is 25.8. The van der Waals surface area contributed by atoms with E-state index in [1.165, 1.54) is 0 Å². The molecule has 1 saturated carbocycles. The monoisotopic (exact) mass is 509 g/mol. The first kappa shape index (κ1) is 26.9. The van der Waals surface area contributed by atoms with Gasteiger partial charge in [0.2, 0.25) is 11.8 Å². The molecule has 1 fully saturated rings. The zero-order valence-electron chi connectivity index (χ0n) is 20.6. The summed E-state index contributed by atoms with van der Waals surface area (Å²) in [5.74, 6) is -1.19. The van der Waals surface area contributed by atoms with Crippen molar-refractivity contribution >= 4 is 32.9 Å². The molecule has 3 N–H and O–H groups in total. The van der Waals surface area contributed by atoms with Crippen LogP contribution in [0, 0.1) is 5.92 Å². The number of hydrogen-bond donors (Lipinski definition) is 3. The van der Waals surface area contributed by atoms with Crippen molar-refractivity contribution in [1.82, 2.24) is 15.6 Å². The van der Waals surface area contributed by atoms with E-state index >= 15 is 0 Å². The van der Waals surface area contributed by atoms with Gasteiger partial charge in [0.1, 0.15) is 17.2 Å². The summed E-state index contributed by atoms with van der Waals surface area (Å²) < 4.78 is 36.2. The lowest BCUT2D eigenvalue weighted by molar-refractivity contribution is -0.124. The highest BCUT2D eigenvalue weighted by Gasteiger charge is 2.35. The van der Waals surface area contributed by atoms with Crippen LogP contribution in [0.25, 0.3) is 11.1 Å². The van der Waals surface area contributed by atoms with Gasteiger partial charge in [-0.05, 0) is 58.1 Å². The van der Waals surface area contributed by atoms with Crippen LogP contribution in [-0.4, -0.2) is 59.7 Å². The van der Waals surface area contributed by atoms with Gasteiger partial charge in [-0.3, -0.25) is 4.79 Å². The maximum Gasteiger partial charge on any atom is 0.408 e. The summed E-state index contributed by atoms with van der Waals surface area (Å²) in [6.45, 7) is 6.88. The number of amides is 2. The molecule has 0 saturated heterocycles. The van der Waals surface area contributed by atoms with Crippen molar-refractivity contribution in [3.8, 4) is 0 Å². The molecule has 1 aromatic heterocycles. The number of nitrogens with one attached hydrogen (secondary N) is 2. The maximum absolute atomic E-state index is 13.2. The van der Waals surface area contributed by atoms with Crippen molar-refractivity contribution in [1.29, 1.82) is 0 Å². The standard InChI is InChI=1S/C24H35N3O7S/c1-5-8-17(20(28)22-26-16-9-6-7-10-19(16)33-22)25-21(29)18(27-23(30)34-24(2,3)4)14-35(31,32)13-15-11-12-15/h6-7,9-10,15,17-18,20,28H,5,8,11-14H2,1-4H3,(H,25,29)(H,27,30)/t17-,18-,20?/m0/s1. The van der Waals surface area contributed by atoms with E-state index in [1.807, 2.05) is 6.92 Å². The molecule has 1 aliphatic rings. The van der Waals surface area contributed by atoms with Gasteiger partial charge in [-0.2, -0.15) is 0 Å². The Morgan fingerprint density at radius 2 is 1.91 bits per heavy atom. The number of rotatable bonds is 11. The Labute approximate surface area is 205 Å².